The molecule has 1 aromatic rings. The summed E-state index contributed by atoms with van der Waals surface area (Å²) in [5.41, 5.74) is 0.847. The minimum absolute atomic E-state index is 0.270. The summed E-state index contributed by atoms with van der Waals surface area (Å²) >= 11 is 0. The molecular weight excluding hydrogens is 246 g/mol. The Kier molecular flexibility index (Phi) is 12.1. The number of Topliss-reactive ketones (excluding diaryl/α,β-unsaturated/α-hetero) is 1. The molecule has 1 aliphatic rings. The SMILES string of the molecule is CC.CC.O=C(CCN1CCCCC1)c1ccccc1. The van der Waals surface area contributed by atoms with Gasteiger partial charge in [-0.1, -0.05) is 64.4 Å². The first-order chi connectivity index (χ1) is 9.86. The monoisotopic (exact) mass is 277 g/mol. The number of hydrogen-bond donors (Lipinski definition) is 0. The maximum absolute atomic E-state index is 11.9. The summed E-state index contributed by atoms with van der Waals surface area (Å²) in [7, 11) is 0. The van der Waals surface area contributed by atoms with Gasteiger partial charge in [0.1, 0.15) is 0 Å². The average molecular weight is 277 g/mol. The first kappa shape index (κ1) is 18.9. The number of likely N-dealkylation sites (tertiary alicyclic amines) is 1. The Morgan fingerprint density at radius 2 is 1.50 bits per heavy atom. The van der Waals surface area contributed by atoms with Gasteiger partial charge >= 0.3 is 0 Å². The van der Waals surface area contributed by atoms with Gasteiger partial charge < -0.3 is 4.90 Å². The maximum Gasteiger partial charge on any atom is 0.164 e. The highest BCUT2D eigenvalue weighted by Crippen LogP contribution is 2.10. The fraction of sp³-hybridized carbons (Fsp3) is 0.611. The molecule has 2 heteroatoms. The second-order valence-corrected chi connectivity index (χ2v) is 4.44. The summed E-state index contributed by atoms with van der Waals surface area (Å²) in [6.45, 7) is 11.3. The third-order valence-electron chi connectivity index (χ3n) is 3.20. The van der Waals surface area contributed by atoms with E-state index in [0.717, 1.165) is 12.1 Å². The van der Waals surface area contributed by atoms with Crippen molar-refractivity contribution in [2.24, 2.45) is 0 Å². The molecule has 0 amide bonds. The van der Waals surface area contributed by atoms with E-state index < -0.39 is 0 Å². The zero-order valence-electron chi connectivity index (χ0n) is 13.7. The van der Waals surface area contributed by atoms with Crippen molar-refractivity contribution in [1.82, 2.24) is 4.90 Å². The van der Waals surface area contributed by atoms with E-state index >= 15 is 0 Å². The Morgan fingerprint density at radius 1 is 0.950 bits per heavy atom. The largest absolute Gasteiger partial charge is 0.303 e. The van der Waals surface area contributed by atoms with Gasteiger partial charge in [-0.05, 0) is 25.9 Å². The van der Waals surface area contributed by atoms with Crippen LogP contribution in [0.2, 0.25) is 0 Å². The van der Waals surface area contributed by atoms with Crippen molar-refractivity contribution in [3.05, 3.63) is 35.9 Å². The van der Waals surface area contributed by atoms with Gasteiger partial charge in [0.15, 0.2) is 5.78 Å². The van der Waals surface area contributed by atoms with Gasteiger partial charge in [-0.25, -0.2) is 0 Å². The molecule has 0 unspecified atom stereocenters. The van der Waals surface area contributed by atoms with Crippen molar-refractivity contribution in [1.29, 1.82) is 0 Å². The van der Waals surface area contributed by atoms with Gasteiger partial charge in [0.25, 0.3) is 0 Å². The minimum atomic E-state index is 0.270. The Labute approximate surface area is 125 Å². The molecule has 1 aromatic carbocycles. The lowest BCUT2D eigenvalue weighted by Gasteiger charge is -2.25. The Bertz CT molecular complexity index is 329. The molecule has 0 aliphatic carbocycles. The first-order valence-electron chi connectivity index (χ1n) is 8.17. The highest BCUT2D eigenvalue weighted by Gasteiger charge is 2.12. The average Bonchev–Trinajstić information content (AvgIpc) is 2.58. The Hall–Kier alpha value is -1.15. The molecule has 2 nitrogen and oxygen atoms in total. The fourth-order valence-electron chi connectivity index (χ4n) is 2.21. The normalized spacial score (nSPS) is 14.4. The Morgan fingerprint density at radius 3 is 2.05 bits per heavy atom. The molecule has 20 heavy (non-hydrogen) atoms. The summed E-state index contributed by atoms with van der Waals surface area (Å²) in [6.07, 6.45) is 4.59. The zero-order chi connectivity index (χ0) is 15.2. The van der Waals surface area contributed by atoms with Crippen LogP contribution in [0.5, 0.6) is 0 Å². The van der Waals surface area contributed by atoms with Crippen molar-refractivity contribution in [3.8, 4) is 0 Å². The van der Waals surface area contributed by atoms with Crippen LogP contribution < -0.4 is 0 Å². The van der Waals surface area contributed by atoms with Crippen molar-refractivity contribution in [2.45, 2.75) is 53.4 Å². The van der Waals surface area contributed by atoms with E-state index in [4.69, 9.17) is 0 Å². The van der Waals surface area contributed by atoms with E-state index in [1.807, 2.05) is 58.0 Å². The van der Waals surface area contributed by atoms with Gasteiger partial charge in [-0.3, -0.25) is 4.79 Å². The number of piperidine rings is 1. The van der Waals surface area contributed by atoms with E-state index in [1.54, 1.807) is 0 Å². The van der Waals surface area contributed by atoms with Gasteiger partial charge in [-0.15, -0.1) is 0 Å². The van der Waals surface area contributed by atoms with Gasteiger partial charge in [0, 0.05) is 18.5 Å². The topological polar surface area (TPSA) is 20.3 Å². The molecule has 0 atom stereocenters. The van der Waals surface area contributed by atoms with E-state index in [-0.39, 0.29) is 5.78 Å². The van der Waals surface area contributed by atoms with Crippen LogP contribution in [0.4, 0.5) is 0 Å². The second kappa shape index (κ2) is 12.9. The molecule has 1 fully saturated rings. The van der Waals surface area contributed by atoms with Crippen LogP contribution in [0, 0.1) is 0 Å². The fourth-order valence-corrected chi connectivity index (χ4v) is 2.21. The van der Waals surface area contributed by atoms with Crippen LogP contribution in [0.15, 0.2) is 30.3 Å². The van der Waals surface area contributed by atoms with E-state index in [0.29, 0.717) is 6.42 Å². The predicted molar refractivity (Wildman–Crippen MR) is 88.4 cm³/mol. The summed E-state index contributed by atoms with van der Waals surface area (Å²) < 4.78 is 0. The standard InChI is InChI=1S/C14H19NO.2C2H6/c16-14(13-7-3-1-4-8-13)9-12-15-10-5-2-6-11-15;2*1-2/h1,3-4,7-8H,2,5-6,9-12H2;2*1-2H3. The minimum Gasteiger partial charge on any atom is -0.303 e. The number of ketones is 1. The summed E-state index contributed by atoms with van der Waals surface area (Å²) in [5.74, 6) is 0.270. The van der Waals surface area contributed by atoms with Gasteiger partial charge in [-0.2, -0.15) is 0 Å². The molecule has 0 radical (unpaired) electrons. The van der Waals surface area contributed by atoms with E-state index in [1.165, 1.54) is 32.4 Å². The molecule has 0 spiro atoms. The lowest BCUT2D eigenvalue weighted by atomic mass is 10.1. The Balaban J connectivity index is 0.000000829. The van der Waals surface area contributed by atoms with Crippen LogP contribution in [0.3, 0.4) is 0 Å². The molecule has 1 saturated heterocycles. The summed E-state index contributed by atoms with van der Waals surface area (Å²) in [5, 5.41) is 0. The van der Waals surface area contributed by atoms with Crippen molar-refractivity contribution < 1.29 is 4.79 Å². The quantitative estimate of drug-likeness (QED) is 0.737. The molecule has 0 N–H and O–H groups in total. The third-order valence-corrected chi connectivity index (χ3v) is 3.20. The number of carbonyl (C=O) groups excluding carboxylic acids is 1. The number of carbonyl (C=O) groups is 1. The molecule has 1 heterocycles. The van der Waals surface area contributed by atoms with Crippen molar-refractivity contribution in [3.63, 3.8) is 0 Å². The lowest BCUT2D eigenvalue weighted by molar-refractivity contribution is 0.0958. The predicted octanol–water partition coefficient (Wildman–Crippen LogP) is 4.80. The molecule has 0 saturated carbocycles. The lowest BCUT2D eigenvalue weighted by Crippen LogP contribution is -2.31. The molecule has 0 aromatic heterocycles. The second-order valence-electron chi connectivity index (χ2n) is 4.44. The van der Waals surface area contributed by atoms with Crippen molar-refractivity contribution >= 4 is 5.78 Å². The zero-order valence-corrected chi connectivity index (χ0v) is 13.7. The maximum atomic E-state index is 11.9. The number of benzene rings is 1. The molecule has 114 valence electrons. The number of nitrogens with zero attached hydrogens (tertiary/aromatic N) is 1. The van der Waals surface area contributed by atoms with E-state index in [9.17, 15) is 4.79 Å². The van der Waals surface area contributed by atoms with E-state index in [2.05, 4.69) is 4.90 Å². The van der Waals surface area contributed by atoms with Crippen LogP contribution >= 0.6 is 0 Å². The molecule has 0 bridgehead atoms. The van der Waals surface area contributed by atoms with Gasteiger partial charge in [0.05, 0.1) is 0 Å². The van der Waals surface area contributed by atoms with Crippen molar-refractivity contribution in [2.75, 3.05) is 19.6 Å². The van der Waals surface area contributed by atoms with Crippen LogP contribution in [0.1, 0.15) is 63.7 Å². The van der Waals surface area contributed by atoms with Crippen LogP contribution in [-0.4, -0.2) is 30.3 Å². The van der Waals surface area contributed by atoms with Crippen LogP contribution in [-0.2, 0) is 0 Å². The summed E-state index contributed by atoms with van der Waals surface area (Å²) in [4.78, 5) is 14.3. The number of hydrogen-bond acceptors (Lipinski definition) is 2. The highest BCUT2D eigenvalue weighted by atomic mass is 16.1. The molecule has 1 aliphatic heterocycles. The first-order valence-corrected chi connectivity index (χ1v) is 8.17. The summed E-state index contributed by atoms with van der Waals surface area (Å²) in [6, 6.07) is 9.60. The molecule has 2 rings (SSSR count). The highest BCUT2D eigenvalue weighted by molar-refractivity contribution is 5.96. The third kappa shape index (κ3) is 7.44. The van der Waals surface area contributed by atoms with Crippen LogP contribution in [0.25, 0.3) is 0 Å². The van der Waals surface area contributed by atoms with Gasteiger partial charge in [0.2, 0.25) is 0 Å². The number of rotatable bonds is 4. The smallest absolute Gasteiger partial charge is 0.164 e. The molecular formula is C18H31NO.